The number of carbonyl (C=O) groups is 1. The van der Waals surface area contributed by atoms with Gasteiger partial charge in [-0.3, -0.25) is 4.79 Å². The Bertz CT molecular complexity index is 1050. The van der Waals surface area contributed by atoms with Crippen molar-refractivity contribution in [1.82, 2.24) is 19.9 Å². The number of aromatic nitrogens is 3. The van der Waals surface area contributed by atoms with E-state index >= 15 is 0 Å². The molecule has 1 aliphatic rings. The molecular formula is C21H22FN5OS. The largest absolute Gasteiger partial charge is 0.347 e. The number of nitrogens with zero attached hydrogens (tertiary/aromatic N) is 5. The van der Waals surface area contributed by atoms with Crippen LogP contribution in [-0.2, 0) is 0 Å². The first-order valence-electron chi connectivity index (χ1n) is 9.47. The molecule has 1 amide bonds. The number of carbonyl (C=O) groups excluding carboxylic acids is 1. The van der Waals surface area contributed by atoms with Crippen molar-refractivity contribution in [3.8, 4) is 11.1 Å². The SMILES string of the molecule is Cc1ncsc1C(=O)N1CCCC1c1nc(N(C)C)ncc1-c1cccc(F)c1. The molecule has 150 valence electrons. The topological polar surface area (TPSA) is 62.2 Å². The van der Waals surface area contributed by atoms with Gasteiger partial charge >= 0.3 is 0 Å². The molecule has 0 saturated carbocycles. The molecule has 1 atom stereocenters. The number of hydrogen-bond donors (Lipinski definition) is 0. The summed E-state index contributed by atoms with van der Waals surface area (Å²) in [4.78, 5) is 31.0. The van der Waals surface area contributed by atoms with Crippen LogP contribution in [0.2, 0.25) is 0 Å². The lowest BCUT2D eigenvalue weighted by molar-refractivity contribution is 0.0737. The van der Waals surface area contributed by atoms with Gasteiger partial charge in [-0.25, -0.2) is 19.3 Å². The van der Waals surface area contributed by atoms with Crippen molar-refractivity contribution in [2.45, 2.75) is 25.8 Å². The van der Waals surface area contributed by atoms with Crippen molar-refractivity contribution in [1.29, 1.82) is 0 Å². The number of thiazole rings is 1. The zero-order chi connectivity index (χ0) is 20.5. The fourth-order valence-electron chi connectivity index (χ4n) is 3.66. The maximum absolute atomic E-state index is 13.9. The van der Waals surface area contributed by atoms with Crippen LogP contribution in [0.4, 0.5) is 10.3 Å². The Balaban J connectivity index is 1.80. The van der Waals surface area contributed by atoms with E-state index in [1.165, 1.54) is 23.5 Å². The molecule has 4 rings (SSSR count). The first-order valence-corrected chi connectivity index (χ1v) is 10.3. The highest BCUT2D eigenvalue weighted by atomic mass is 32.1. The van der Waals surface area contributed by atoms with Crippen molar-refractivity contribution in [3.05, 3.63) is 58.1 Å². The normalized spacial score (nSPS) is 16.3. The molecule has 3 aromatic rings. The molecule has 8 heteroatoms. The molecule has 3 heterocycles. The van der Waals surface area contributed by atoms with Crippen LogP contribution in [0.3, 0.4) is 0 Å². The van der Waals surface area contributed by atoms with Crippen LogP contribution in [0.15, 0.2) is 36.0 Å². The van der Waals surface area contributed by atoms with Crippen LogP contribution in [-0.4, -0.2) is 46.4 Å². The van der Waals surface area contributed by atoms with Gasteiger partial charge in [-0.15, -0.1) is 11.3 Å². The van der Waals surface area contributed by atoms with E-state index in [9.17, 15) is 9.18 Å². The van der Waals surface area contributed by atoms with Crippen LogP contribution < -0.4 is 4.90 Å². The third kappa shape index (κ3) is 3.72. The molecular weight excluding hydrogens is 389 g/mol. The van der Waals surface area contributed by atoms with Gasteiger partial charge in [0.05, 0.1) is 22.9 Å². The second-order valence-electron chi connectivity index (χ2n) is 7.30. The second-order valence-corrected chi connectivity index (χ2v) is 8.15. The number of amides is 1. The number of hydrogen-bond acceptors (Lipinski definition) is 6. The molecule has 2 aromatic heterocycles. The zero-order valence-electron chi connectivity index (χ0n) is 16.6. The third-order valence-electron chi connectivity index (χ3n) is 5.11. The predicted molar refractivity (Wildman–Crippen MR) is 112 cm³/mol. The predicted octanol–water partition coefficient (Wildman–Crippen LogP) is 4.09. The minimum absolute atomic E-state index is 0.0253. The lowest BCUT2D eigenvalue weighted by Crippen LogP contribution is -2.31. The average molecular weight is 412 g/mol. The van der Waals surface area contributed by atoms with Gasteiger partial charge in [0.2, 0.25) is 5.95 Å². The lowest BCUT2D eigenvalue weighted by atomic mass is 9.99. The first-order chi connectivity index (χ1) is 14.0. The number of benzene rings is 1. The minimum atomic E-state index is -0.315. The van der Waals surface area contributed by atoms with E-state index in [0.29, 0.717) is 22.9 Å². The molecule has 6 nitrogen and oxygen atoms in total. The van der Waals surface area contributed by atoms with Crippen molar-refractivity contribution >= 4 is 23.2 Å². The standard InChI is InChI=1S/C21H22FN5OS/c1-13-19(29-12-24-13)20(28)27-9-5-8-17(27)18-16(11-23-21(25-18)26(2)3)14-6-4-7-15(22)10-14/h4,6-7,10-12,17H,5,8-9H2,1-3H3. The van der Waals surface area contributed by atoms with Crippen LogP contribution in [0.5, 0.6) is 0 Å². The summed E-state index contributed by atoms with van der Waals surface area (Å²) in [5.41, 5.74) is 4.65. The van der Waals surface area contributed by atoms with E-state index in [1.807, 2.05) is 36.9 Å². The molecule has 29 heavy (non-hydrogen) atoms. The number of aryl methyl sites for hydroxylation is 1. The smallest absolute Gasteiger partial charge is 0.266 e. The highest BCUT2D eigenvalue weighted by Crippen LogP contribution is 2.38. The zero-order valence-corrected chi connectivity index (χ0v) is 17.4. The number of anilines is 1. The highest BCUT2D eigenvalue weighted by Gasteiger charge is 2.35. The summed E-state index contributed by atoms with van der Waals surface area (Å²) in [6.07, 6.45) is 3.42. The van der Waals surface area contributed by atoms with E-state index in [0.717, 1.165) is 29.8 Å². The van der Waals surface area contributed by atoms with Crippen molar-refractivity contribution in [3.63, 3.8) is 0 Å². The fourth-order valence-corrected chi connectivity index (χ4v) is 4.42. The molecule has 1 unspecified atom stereocenters. The molecule has 0 N–H and O–H groups in total. The lowest BCUT2D eigenvalue weighted by Gasteiger charge is -2.26. The van der Waals surface area contributed by atoms with E-state index in [-0.39, 0.29) is 17.8 Å². The Kier molecular flexibility index (Phi) is 5.27. The Hall–Kier alpha value is -2.87. The summed E-state index contributed by atoms with van der Waals surface area (Å²) < 4.78 is 13.9. The molecule has 1 saturated heterocycles. The Morgan fingerprint density at radius 3 is 2.83 bits per heavy atom. The van der Waals surface area contributed by atoms with E-state index in [4.69, 9.17) is 4.98 Å². The molecule has 0 aliphatic carbocycles. The summed E-state index contributed by atoms with van der Waals surface area (Å²) in [6, 6.07) is 6.22. The van der Waals surface area contributed by atoms with Crippen LogP contribution in [0, 0.1) is 12.7 Å². The number of rotatable bonds is 4. The molecule has 1 fully saturated rings. The number of likely N-dealkylation sites (tertiary alicyclic amines) is 1. The summed E-state index contributed by atoms with van der Waals surface area (Å²) >= 11 is 1.36. The minimum Gasteiger partial charge on any atom is -0.347 e. The Labute approximate surface area is 173 Å². The van der Waals surface area contributed by atoms with E-state index in [2.05, 4.69) is 9.97 Å². The van der Waals surface area contributed by atoms with E-state index in [1.54, 1.807) is 17.8 Å². The second kappa shape index (κ2) is 7.87. The van der Waals surface area contributed by atoms with Gasteiger partial charge in [-0.1, -0.05) is 12.1 Å². The van der Waals surface area contributed by atoms with Gasteiger partial charge in [0.25, 0.3) is 5.91 Å². The molecule has 1 aliphatic heterocycles. The van der Waals surface area contributed by atoms with Crippen molar-refractivity contribution in [2.75, 3.05) is 25.5 Å². The molecule has 0 bridgehead atoms. The maximum Gasteiger partial charge on any atom is 0.266 e. The van der Waals surface area contributed by atoms with Crippen LogP contribution in [0.25, 0.3) is 11.1 Å². The van der Waals surface area contributed by atoms with Crippen molar-refractivity contribution in [2.24, 2.45) is 0 Å². The maximum atomic E-state index is 13.9. The number of halogens is 1. The summed E-state index contributed by atoms with van der Waals surface area (Å²) in [5, 5.41) is 0. The fraction of sp³-hybridized carbons (Fsp3) is 0.333. The van der Waals surface area contributed by atoms with Gasteiger partial charge in [-0.05, 0) is 37.5 Å². The molecule has 0 spiro atoms. The molecule has 1 aromatic carbocycles. The van der Waals surface area contributed by atoms with Gasteiger partial charge < -0.3 is 9.80 Å². The van der Waals surface area contributed by atoms with Crippen molar-refractivity contribution < 1.29 is 9.18 Å². The third-order valence-corrected chi connectivity index (χ3v) is 6.03. The Morgan fingerprint density at radius 1 is 1.31 bits per heavy atom. The monoisotopic (exact) mass is 411 g/mol. The first kappa shape index (κ1) is 19.4. The van der Waals surface area contributed by atoms with Gasteiger partial charge in [0, 0.05) is 32.4 Å². The highest BCUT2D eigenvalue weighted by molar-refractivity contribution is 7.11. The summed E-state index contributed by atoms with van der Waals surface area (Å²) in [5.74, 6) is 0.223. The average Bonchev–Trinajstić information content (AvgIpc) is 3.36. The van der Waals surface area contributed by atoms with Gasteiger partial charge in [-0.2, -0.15) is 0 Å². The van der Waals surface area contributed by atoms with Gasteiger partial charge in [0.1, 0.15) is 10.7 Å². The van der Waals surface area contributed by atoms with Crippen LogP contribution in [0.1, 0.15) is 39.9 Å². The summed E-state index contributed by atoms with van der Waals surface area (Å²) in [7, 11) is 3.75. The molecule has 0 radical (unpaired) electrons. The summed E-state index contributed by atoms with van der Waals surface area (Å²) in [6.45, 7) is 2.51. The Morgan fingerprint density at radius 2 is 2.14 bits per heavy atom. The van der Waals surface area contributed by atoms with Crippen LogP contribution >= 0.6 is 11.3 Å². The van der Waals surface area contributed by atoms with Gasteiger partial charge in [0.15, 0.2) is 0 Å². The van der Waals surface area contributed by atoms with E-state index < -0.39 is 0 Å². The quantitative estimate of drug-likeness (QED) is 0.647.